The molecule has 0 aromatic rings. The second kappa shape index (κ2) is 7.70. The van der Waals surface area contributed by atoms with Crippen LogP contribution < -0.4 is 0 Å². The zero-order valence-corrected chi connectivity index (χ0v) is 6.99. The van der Waals surface area contributed by atoms with Gasteiger partial charge >= 0.3 is 0 Å². The molecule has 0 N–H and O–H groups in total. The van der Waals surface area contributed by atoms with Gasteiger partial charge in [-0.2, -0.15) is 11.8 Å². The van der Waals surface area contributed by atoms with E-state index in [2.05, 4.69) is 6.92 Å². The maximum Gasteiger partial charge on any atom is 0.0128 e. The smallest absolute Gasteiger partial charge is 0.0128 e. The minimum Gasteiger partial charge on any atom is -0.161 e. The highest BCUT2D eigenvalue weighted by Gasteiger charge is 1.83. The van der Waals surface area contributed by atoms with E-state index in [0.717, 1.165) is 11.5 Å². The lowest BCUT2D eigenvalue weighted by Gasteiger charge is -1.93. The van der Waals surface area contributed by atoms with Gasteiger partial charge in [0.2, 0.25) is 0 Å². The third kappa shape index (κ3) is 6.70. The molecule has 0 nitrogen and oxygen atoms in total. The van der Waals surface area contributed by atoms with Gasteiger partial charge in [-0.1, -0.05) is 26.0 Å². The summed E-state index contributed by atoms with van der Waals surface area (Å²) in [6, 6.07) is 0. The summed E-state index contributed by atoms with van der Waals surface area (Å²) < 4.78 is 0. The van der Waals surface area contributed by atoms with Crippen molar-refractivity contribution in [3.63, 3.8) is 0 Å². The second-order valence-corrected chi connectivity index (χ2v) is 3.30. The lowest BCUT2D eigenvalue weighted by molar-refractivity contribution is 0.896. The van der Waals surface area contributed by atoms with Crippen molar-refractivity contribution in [3.05, 3.63) is 0 Å². The molecule has 0 aliphatic carbocycles. The molecule has 8 heavy (non-hydrogen) atoms. The fourth-order valence-corrected chi connectivity index (χ4v) is 1.58. The average molecular weight is 149 g/mol. The van der Waals surface area contributed by atoms with Gasteiger partial charge in [0.1, 0.15) is 0 Å². The molecule has 0 aliphatic rings. The van der Waals surface area contributed by atoms with E-state index in [1.165, 1.54) is 18.6 Å². The Morgan fingerprint density at radius 1 is 1.38 bits per heavy atom. The minimum absolute atomic E-state index is 0.911. The van der Waals surface area contributed by atoms with Gasteiger partial charge in [-0.25, -0.2) is 0 Å². The Morgan fingerprint density at radius 2 is 2.12 bits per heavy atom. The van der Waals surface area contributed by atoms with E-state index in [-0.39, 0.29) is 0 Å². The Balaban J connectivity index is 2.53. The largest absolute Gasteiger partial charge is 0.161 e. The van der Waals surface area contributed by atoms with Crippen molar-refractivity contribution < 1.29 is 0 Å². The van der Waals surface area contributed by atoms with Crippen molar-refractivity contribution in [1.29, 1.82) is 0 Å². The molecule has 0 aliphatic heterocycles. The van der Waals surface area contributed by atoms with Crippen LogP contribution in [0.2, 0.25) is 0 Å². The molecule has 1 radical (unpaired) electrons. The van der Waals surface area contributed by atoms with Crippen molar-refractivity contribution in [1.82, 2.24) is 0 Å². The second-order valence-electron chi connectivity index (χ2n) is 1.67. The molecule has 0 fully saturated rings. The van der Waals surface area contributed by atoms with E-state index in [1.54, 1.807) is 0 Å². The van der Waals surface area contributed by atoms with Gasteiger partial charge in [-0.3, -0.25) is 0 Å². The highest BCUT2D eigenvalue weighted by Crippen LogP contribution is 2.03. The molecule has 0 saturated carbocycles. The van der Waals surface area contributed by atoms with Gasteiger partial charge in [0.25, 0.3) is 0 Å². The molecule has 2 heteroatoms. The highest BCUT2D eigenvalue weighted by molar-refractivity contribution is 7.99. The zero-order valence-electron chi connectivity index (χ0n) is 5.35. The van der Waals surface area contributed by atoms with Crippen molar-refractivity contribution in [2.45, 2.75) is 19.8 Å². The van der Waals surface area contributed by atoms with Gasteiger partial charge in [0, 0.05) is 11.5 Å². The first-order valence-corrected chi connectivity index (χ1v) is 4.81. The summed E-state index contributed by atoms with van der Waals surface area (Å²) in [6.45, 7) is 2.22. The summed E-state index contributed by atoms with van der Waals surface area (Å²) in [5.41, 5.74) is 0. The third-order valence-corrected chi connectivity index (χ3v) is 2.40. The maximum absolute atomic E-state index is 4.78. The third-order valence-electron chi connectivity index (χ3n) is 0.870. The van der Waals surface area contributed by atoms with Crippen LogP contribution in [0.5, 0.6) is 0 Å². The first kappa shape index (κ1) is 8.70. The van der Waals surface area contributed by atoms with Crippen LogP contribution in [0.3, 0.4) is 0 Å². The molecule has 0 atom stereocenters. The lowest BCUT2D eigenvalue weighted by atomic mass is 10.4. The van der Waals surface area contributed by atoms with E-state index < -0.39 is 0 Å². The molecule has 0 aromatic heterocycles. The molecular weight excluding hydrogens is 136 g/mol. The first-order valence-electron chi connectivity index (χ1n) is 3.07. The number of thioether (sulfide) groups is 1. The van der Waals surface area contributed by atoms with Gasteiger partial charge in [0.15, 0.2) is 0 Å². The maximum atomic E-state index is 4.78. The molecule has 0 bridgehead atoms. The fraction of sp³-hybridized carbons (Fsp3) is 1.00. The number of hydrogen-bond donors (Lipinski definition) is 0. The average Bonchev–Trinajstić information content (AvgIpc) is 1.81. The van der Waals surface area contributed by atoms with E-state index in [9.17, 15) is 0 Å². The molecule has 49 valence electrons. The Hall–Kier alpha value is 0.700. The fourth-order valence-electron chi connectivity index (χ4n) is 0.407. The van der Waals surface area contributed by atoms with Crippen LogP contribution >= 0.6 is 24.4 Å². The van der Waals surface area contributed by atoms with Crippen LogP contribution in [0.15, 0.2) is 0 Å². The van der Waals surface area contributed by atoms with E-state index in [4.69, 9.17) is 12.6 Å². The summed E-state index contributed by atoms with van der Waals surface area (Å²) in [5, 5.41) is 0. The summed E-state index contributed by atoms with van der Waals surface area (Å²) in [4.78, 5) is 0. The van der Waals surface area contributed by atoms with Crippen LogP contribution in [0, 0.1) is 0 Å². The summed E-state index contributed by atoms with van der Waals surface area (Å²) in [6.07, 6.45) is 2.66. The molecule has 0 heterocycles. The predicted molar refractivity (Wildman–Crippen MR) is 44.7 cm³/mol. The van der Waals surface area contributed by atoms with Crippen LogP contribution in [-0.4, -0.2) is 17.3 Å². The topological polar surface area (TPSA) is 0 Å². The van der Waals surface area contributed by atoms with Crippen LogP contribution in [0.4, 0.5) is 0 Å². The van der Waals surface area contributed by atoms with Gasteiger partial charge in [-0.05, 0) is 12.2 Å². The Kier molecular flexibility index (Phi) is 8.37. The summed E-state index contributed by atoms with van der Waals surface area (Å²) in [7, 11) is 0. The molecule has 0 spiro atoms. The molecular formula is C6H13S2. The van der Waals surface area contributed by atoms with Crippen LogP contribution in [-0.2, 0) is 0 Å². The Labute approximate surface area is 61.8 Å². The van der Waals surface area contributed by atoms with E-state index in [1.807, 2.05) is 11.8 Å². The molecule has 0 aromatic carbocycles. The summed E-state index contributed by atoms with van der Waals surface area (Å²) in [5.74, 6) is 3.37. The van der Waals surface area contributed by atoms with E-state index >= 15 is 0 Å². The Bertz CT molecular complexity index is 31.5. The van der Waals surface area contributed by atoms with Crippen LogP contribution in [0.1, 0.15) is 19.8 Å². The molecule has 0 saturated heterocycles. The number of hydrogen-bond acceptors (Lipinski definition) is 1. The molecule has 0 unspecified atom stereocenters. The van der Waals surface area contributed by atoms with Gasteiger partial charge in [0.05, 0.1) is 0 Å². The zero-order chi connectivity index (χ0) is 6.24. The SMILES string of the molecule is CCCCSCC[S]. The number of rotatable bonds is 5. The van der Waals surface area contributed by atoms with Crippen molar-refractivity contribution >= 4 is 24.4 Å². The van der Waals surface area contributed by atoms with Gasteiger partial charge < -0.3 is 0 Å². The Morgan fingerprint density at radius 3 is 2.62 bits per heavy atom. The predicted octanol–water partition coefficient (Wildman–Crippen LogP) is 2.72. The monoisotopic (exact) mass is 149 g/mol. The van der Waals surface area contributed by atoms with E-state index in [0.29, 0.717) is 0 Å². The minimum atomic E-state index is 0.911. The summed E-state index contributed by atoms with van der Waals surface area (Å²) >= 11 is 6.75. The highest BCUT2D eigenvalue weighted by atomic mass is 32.2. The first-order chi connectivity index (χ1) is 3.91. The molecule has 0 rings (SSSR count). The lowest BCUT2D eigenvalue weighted by Crippen LogP contribution is -1.82. The van der Waals surface area contributed by atoms with Crippen molar-refractivity contribution in [2.24, 2.45) is 0 Å². The number of unbranched alkanes of at least 4 members (excludes halogenated alkanes) is 1. The van der Waals surface area contributed by atoms with Crippen molar-refractivity contribution in [2.75, 3.05) is 17.3 Å². The van der Waals surface area contributed by atoms with Crippen LogP contribution in [0.25, 0.3) is 0 Å². The molecule has 0 amide bonds. The van der Waals surface area contributed by atoms with Crippen molar-refractivity contribution in [3.8, 4) is 0 Å². The standard InChI is InChI=1S/C6H13S2/c1-2-3-5-8-6-4-7/h2-6H2,1H3. The quantitative estimate of drug-likeness (QED) is 0.542. The van der Waals surface area contributed by atoms with Gasteiger partial charge in [-0.15, -0.1) is 0 Å². The normalized spacial score (nSPS) is 9.75.